The van der Waals surface area contributed by atoms with E-state index < -0.39 is 0 Å². The van der Waals surface area contributed by atoms with Crippen molar-refractivity contribution in [2.24, 2.45) is 0 Å². The molecule has 102 valence electrons. The summed E-state index contributed by atoms with van der Waals surface area (Å²) in [5.74, 6) is 2.68. The average Bonchev–Trinajstić information content (AvgIpc) is 2.80. The highest BCUT2D eigenvalue weighted by molar-refractivity contribution is 7.99. The summed E-state index contributed by atoms with van der Waals surface area (Å²) in [6.45, 7) is 3.06. The number of pyridine rings is 1. The normalized spacial score (nSPS) is 20.0. The number of aromatic nitrogens is 3. The summed E-state index contributed by atoms with van der Waals surface area (Å²) in [5, 5.41) is 0.676. The van der Waals surface area contributed by atoms with Crippen molar-refractivity contribution in [3.05, 3.63) is 23.7 Å². The zero-order chi connectivity index (χ0) is 13.2. The van der Waals surface area contributed by atoms with Crippen molar-refractivity contribution in [3.63, 3.8) is 0 Å². The van der Waals surface area contributed by atoms with E-state index in [1.807, 2.05) is 12.3 Å². The van der Waals surface area contributed by atoms with Crippen molar-refractivity contribution < 1.29 is 0 Å². The van der Waals surface area contributed by atoms with E-state index in [1.165, 1.54) is 30.6 Å². The predicted octanol–water partition coefficient (Wildman–Crippen LogP) is 3.76. The molecule has 3 rings (SSSR count). The van der Waals surface area contributed by atoms with Crippen LogP contribution in [-0.2, 0) is 12.4 Å². The summed E-state index contributed by atoms with van der Waals surface area (Å²) in [5.41, 5.74) is 3.16. The molecule has 1 unspecified atom stereocenters. The van der Waals surface area contributed by atoms with Gasteiger partial charge in [0.05, 0.1) is 5.88 Å². The molecule has 0 aromatic carbocycles. The molecule has 19 heavy (non-hydrogen) atoms. The monoisotopic (exact) mass is 295 g/mol. The lowest BCUT2D eigenvalue weighted by molar-refractivity contribution is 0.579. The predicted molar refractivity (Wildman–Crippen MR) is 81.9 cm³/mol. The third-order valence-electron chi connectivity index (χ3n) is 3.69. The van der Waals surface area contributed by atoms with Crippen LogP contribution in [-0.4, -0.2) is 25.5 Å². The lowest BCUT2D eigenvalue weighted by atomic mass is 10.2. The Balaban J connectivity index is 1.98. The Bertz CT molecular complexity index is 575. The first-order valence-electron chi connectivity index (χ1n) is 6.78. The van der Waals surface area contributed by atoms with Gasteiger partial charge in [-0.05, 0) is 37.1 Å². The van der Waals surface area contributed by atoms with Crippen molar-refractivity contribution in [1.82, 2.24) is 14.5 Å². The van der Waals surface area contributed by atoms with E-state index in [1.54, 1.807) is 0 Å². The molecule has 0 amide bonds. The fourth-order valence-corrected chi connectivity index (χ4v) is 4.13. The molecule has 5 heteroatoms. The van der Waals surface area contributed by atoms with Crippen molar-refractivity contribution in [2.45, 2.75) is 43.9 Å². The van der Waals surface area contributed by atoms with Crippen LogP contribution in [0.3, 0.4) is 0 Å². The van der Waals surface area contributed by atoms with Gasteiger partial charge in [-0.1, -0.05) is 6.42 Å². The van der Waals surface area contributed by atoms with Gasteiger partial charge in [-0.2, -0.15) is 11.8 Å². The first-order valence-corrected chi connectivity index (χ1v) is 8.36. The minimum atomic E-state index is 0.452. The number of rotatable bonds is 3. The van der Waals surface area contributed by atoms with E-state index in [0.717, 1.165) is 23.5 Å². The highest BCUT2D eigenvalue weighted by atomic mass is 35.5. The van der Waals surface area contributed by atoms with Gasteiger partial charge in [-0.25, -0.2) is 9.97 Å². The van der Waals surface area contributed by atoms with Crippen LogP contribution in [0.15, 0.2) is 12.3 Å². The van der Waals surface area contributed by atoms with Crippen molar-refractivity contribution >= 4 is 34.5 Å². The maximum absolute atomic E-state index is 6.06. The van der Waals surface area contributed by atoms with E-state index in [4.69, 9.17) is 11.6 Å². The van der Waals surface area contributed by atoms with Gasteiger partial charge in [-0.3, -0.25) is 0 Å². The lowest BCUT2D eigenvalue weighted by Crippen LogP contribution is -2.18. The average molecular weight is 296 g/mol. The molecule has 3 heterocycles. The maximum Gasteiger partial charge on any atom is 0.160 e. The van der Waals surface area contributed by atoms with Gasteiger partial charge in [0, 0.05) is 18.0 Å². The van der Waals surface area contributed by atoms with Gasteiger partial charge in [-0.15, -0.1) is 11.6 Å². The summed E-state index contributed by atoms with van der Waals surface area (Å²) in [4.78, 5) is 9.16. The number of fused-ring (bicyclic) bond motifs is 1. The highest BCUT2D eigenvalue weighted by Crippen LogP contribution is 2.28. The summed E-state index contributed by atoms with van der Waals surface area (Å²) < 4.78 is 2.22. The van der Waals surface area contributed by atoms with E-state index in [2.05, 4.69) is 33.2 Å². The summed E-state index contributed by atoms with van der Waals surface area (Å²) in [6, 6.07) is 2.01. The van der Waals surface area contributed by atoms with Crippen LogP contribution < -0.4 is 0 Å². The Morgan fingerprint density at radius 1 is 1.47 bits per heavy atom. The molecule has 0 aliphatic carbocycles. The fraction of sp³-hybridized carbons (Fsp3) is 0.571. The molecule has 1 aliphatic rings. The number of hydrogen-bond acceptors (Lipinski definition) is 3. The summed E-state index contributed by atoms with van der Waals surface area (Å²) in [6.07, 6.45) is 5.85. The molecule has 0 N–H and O–H groups in total. The molecule has 3 nitrogen and oxygen atoms in total. The fourth-order valence-electron chi connectivity index (χ4n) is 2.63. The highest BCUT2D eigenvalue weighted by Gasteiger charge is 2.19. The second kappa shape index (κ2) is 5.71. The van der Waals surface area contributed by atoms with E-state index in [-0.39, 0.29) is 0 Å². The van der Waals surface area contributed by atoms with E-state index in [0.29, 0.717) is 11.1 Å². The molecular formula is C14H18ClN3S. The number of alkyl halides is 1. The number of nitrogens with zero attached hydrogens (tertiary/aromatic N) is 3. The zero-order valence-electron chi connectivity index (χ0n) is 11.1. The molecule has 0 radical (unpaired) electrons. The molecule has 1 fully saturated rings. The second-order valence-corrected chi connectivity index (χ2v) is 6.74. The Morgan fingerprint density at radius 3 is 3.11 bits per heavy atom. The smallest absolute Gasteiger partial charge is 0.160 e. The Kier molecular flexibility index (Phi) is 3.99. The second-order valence-electron chi connectivity index (χ2n) is 5.06. The Labute approximate surface area is 122 Å². The molecule has 1 atom stereocenters. The van der Waals surface area contributed by atoms with Crippen LogP contribution in [0.25, 0.3) is 11.2 Å². The molecule has 1 saturated heterocycles. The standard InChI is InChI=1S/C14H18ClN3S/c1-10-5-6-16-14-13(10)17-12(8-15)18(14)9-11-4-2-3-7-19-11/h5-6,11H,2-4,7-9H2,1H3. The third kappa shape index (κ3) is 2.61. The minimum Gasteiger partial charge on any atom is -0.311 e. The van der Waals surface area contributed by atoms with E-state index >= 15 is 0 Å². The first-order chi connectivity index (χ1) is 9.29. The molecule has 2 aromatic rings. The maximum atomic E-state index is 6.06. The van der Waals surface area contributed by atoms with Gasteiger partial charge < -0.3 is 4.57 Å². The van der Waals surface area contributed by atoms with Gasteiger partial charge in [0.25, 0.3) is 0 Å². The van der Waals surface area contributed by atoms with Gasteiger partial charge >= 0.3 is 0 Å². The van der Waals surface area contributed by atoms with Crippen LogP contribution in [0.2, 0.25) is 0 Å². The zero-order valence-corrected chi connectivity index (χ0v) is 12.7. The van der Waals surface area contributed by atoms with Crippen LogP contribution in [0, 0.1) is 6.92 Å². The molecule has 1 aliphatic heterocycles. The van der Waals surface area contributed by atoms with Crippen molar-refractivity contribution in [3.8, 4) is 0 Å². The Hall–Kier alpha value is -0.740. The molecule has 2 aromatic heterocycles. The molecule has 0 spiro atoms. The summed E-state index contributed by atoms with van der Waals surface area (Å²) >= 11 is 8.13. The van der Waals surface area contributed by atoms with E-state index in [9.17, 15) is 0 Å². The minimum absolute atomic E-state index is 0.452. The Morgan fingerprint density at radius 2 is 2.37 bits per heavy atom. The van der Waals surface area contributed by atoms with Crippen LogP contribution in [0.4, 0.5) is 0 Å². The van der Waals surface area contributed by atoms with Crippen LogP contribution in [0.5, 0.6) is 0 Å². The SMILES string of the molecule is Cc1ccnc2c1nc(CCl)n2CC1CCCCS1. The van der Waals surface area contributed by atoms with Crippen LogP contribution in [0.1, 0.15) is 30.7 Å². The first kappa shape index (κ1) is 13.3. The van der Waals surface area contributed by atoms with Crippen molar-refractivity contribution in [1.29, 1.82) is 0 Å². The molecule has 0 saturated carbocycles. The van der Waals surface area contributed by atoms with Crippen LogP contribution >= 0.6 is 23.4 Å². The number of halogens is 1. The number of imidazole rings is 1. The number of hydrogen-bond donors (Lipinski definition) is 0. The molecule has 0 bridgehead atoms. The van der Waals surface area contributed by atoms with Gasteiger partial charge in [0.1, 0.15) is 11.3 Å². The lowest BCUT2D eigenvalue weighted by Gasteiger charge is -2.22. The largest absolute Gasteiger partial charge is 0.311 e. The number of thioether (sulfide) groups is 1. The summed E-state index contributed by atoms with van der Waals surface area (Å²) in [7, 11) is 0. The molecular weight excluding hydrogens is 278 g/mol. The quantitative estimate of drug-likeness (QED) is 0.808. The van der Waals surface area contributed by atoms with Gasteiger partial charge in [0.2, 0.25) is 0 Å². The topological polar surface area (TPSA) is 30.7 Å². The van der Waals surface area contributed by atoms with Crippen molar-refractivity contribution in [2.75, 3.05) is 5.75 Å². The van der Waals surface area contributed by atoms with Gasteiger partial charge in [0.15, 0.2) is 5.65 Å². The number of aryl methyl sites for hydroxylation is 1. The third-order valence-corrected chi connectivity index (χ3v) is 5.31.